The van der Waals surface area contributed by atoms with Crippen LogP contribution in [0.3, 0.4) is 0 Å². The van der Waals surface area contributed by atoms with Crippen LogP contribution in [0.15, 0.2) is 41.3 Å². The quantitative estimate of drug-likeness (QED) is 0.788. The Morgan fingerprint density at radius 3 is 2.86 bits per heavy atom. The minimum atomic E-state index is 0.102. The van der Waals surface area contributed by atoms with E-state index in [1.54, 1.807) is 25.3 Å². The van der Waals surface area contributed by atoms with Gasteiger partial charge in [0.05, 0.1) is 7.11 Å². The van der Waals surface area contributed by atoms with Crippen LogP contribution in [-0.4, -0.2) is 18.6 Å². The Labute approximate surface area is 122 Å². The minimum Gasteiger partial charge on any atom is -0.493 e. The maximum absolute atomic E-state index is 9.00. The van der Waals surface area contributed by atoms with Gasteiger partial charge in [-0.15, -0.1) is 6.58 Å². The van der Waals surface area contributed by atoms with Gasteiger partial charge in [-0.25, -0.2) is 0 Å². The molecule has 0 amide bonds. The Kier molecular flexibility index (Phi) is 4.83. The molecule has 2 aromatic rings. The van der Waals surface area contributed by atoms with Gasteiger partial charge < -0.3 is 19.2 Å². The molecule has 0 saturated carbocycles. The van der Waals surface area contributed by atoms with E-state index in [0.717, 1.165) is 0 Å². The summed E-state index contributed by atoms with van der Waals surface area (Å²) in [6.07, 6.45) is 1.66. The van der Waals surface area contributed by atoms with E-state index in [0.29, 0.717) is 29.8 Å². The van der Waals surface area contributed by atoms with Crippen molar-refractivity contribution in [3.8, 4) is 17.6 Å². The van der Waals surface area contributed by atoms with Gasteiger partial charge in [-0.3, -0.25) is 0 Å². The summed E-state index contributed by atoms with van der Waals surface area (Å²) < 4.78 is 16.2. The minimum absolute atomic E-state index is 0.102. The lowest BCUT2D eigenvalue weighted by Crippen LogP contribution is -1.98. The number of nitriles is 1. The Morgan fingerprint density at radius 2 is 2.19 bits per heavy atom. The zero-order chi connectivity index (χ0) is 15.1. The van der Waals surface area contributed by atoms with Crippen molar-refractivity contribution in [1.82, 2.24) is 4.98 Å². The fourth-order valence-corrected chi connectivity index (χ4v) is 1.66. The topological polar surface area (TPSA) is 80.3 Å². The van der Waals surface area contributed by atoms with Crippen LogP contribution < -0.4 is 14.8 Å². The highest BCUT2D eigenvalue weighted by Gasteiger charge is 2.13. The molecule has 0 fully saturated rings. The van der Waals surface area contributed by atoms with Crippen molar-refractivity contribution >= 4 is 5.88 Å². The first-order chi connectivity index (χ1) is 10.3. The average molecular weight is 285 g/mol. The lowest BCUT2D eigenvalue weighted by Gasteiger charge is -2.08. The van der Waals surface area contributed by atoms with Crippen molar-refractivity contribution in [2.24, 2.45) is 0 Å². The van der Waals surface area contributed by atoms with Gasteiger partial charge in [-0.05, 0) is 12.1 Å². The molecule has 108 valence electrons. The summed E-state index contributed by atoms with van der Waals surface area (Å²) in [6.45, 7) is 4.17. The monoisotopic (exact) mass is 285 g/mol. The fourth-order valence-electron chi connectivity index (χ4n) is 1.66. The predicted octanol–water partition coefficient (Wildman–Crippen LogP) is 2.73. The van der Waals surface area contributed by atoms with E-state index in [4.69, 9.17) is 19.2 Å². The van der Waals surface area contributed by atoms with Crippen molar-refractivity contribution in [3.05, 3.63) is 48.5 Å². The Balaban J connectivity index is 2.08. The van der Waals surface area contributed by atoms with Gasteiger partial charge in [0, 0.05) is 6.54 Å². The number of anilines is 1. The molecule has 0 aliphatic heterocycles. The van der Waals surface area contributed by atoms with Crippen molar-refractivity contribution < 1.29 is 13.9 Å². The molecule has 0 spiro atoms. The summed E-state index contributed by atoms with van der Waals surface area (Å²) in [5.41, 5.74) is 0.190. The van der Waals surface area contributed by atoms with E-state index < -0.39 is 0 Å². The highest BCUT2D eigenvalue weighted by Crippen LogP contribution is 2.27. The van der Waals surface area contributed by atoms with Crippen molar-refractivity contribution in [2.75, 3.05) is 19.0 Å². The fraction of sp³-hybridized carbons (Fsp3) is 0.200. The number of methoxy groups -OCH3 is 1. The van der Waals surface area contributed by atoms with E-state index in [1.165, 1.54) is 0 Å². The third-order valence-electron chi connectivity index (χ3n) is 2.60. The molecule has 6 nitrogen and oxygen atoms in total. The molecule has 0 aliphatic rings. The Morgan fingerprint density at radius 1 is 1.43 bits per heavy atom. The van der Waals surface area contributed by atoms with Gasteiger partial charge in [0.25, 0.3) is 0 Å². The third kappa shape index (κ3) is 3.54. The molecule has 0 unspecified atom stereocenters. The first-order valence-corrected chi connectivity index (χ1v) is 6.29. The normalized spacial score (nSPS) is 9.71. The maximum atomic E-state index is 9.00. The number of hydrogen-bond donors (Lipinski definition) is 1. The first kappa shape index (κ1) is 14.5. The number of aromatic nitrogens is 1. The summed E-state index contributed by atoms with van der Waals surface area (Å²) in [7, 11) is 1.57. The summed E-state index contributed by atoms with van der Waals surface area (Å²) in [6, 6.07) is 9.23. The molecule has 1 heterocycles. The predicted molar refractivity (Wildman–Crippen MR) is 77.2 cm³/mol. The number of nitrogens with zero attached hydrogens (tertiary/aromatic N) is 2. The third-order valence-corrected chi connectivity index (χ3v) is 2.60. The molecule has 1 N–H and O–H groups in total. The largest absolute Gasteiger partial charge is 0.493 e. The lowest BCUT2D eigenvalue weighted by molar-refractivity contribution is 0.251. The number of nitrogens with one attached hydrogen (secondary N) is 1. The van der Waals surface area contributed by atoms with Gasteiger partial charge in [-0.1, -0.05) is 18.2 Å². The van der Waals surface area contributed by atoms with Crippen LogP contribution in [0.25, 0.3) is 0 Å². The highest BCUT2D eigenvalue weighted by atomic mass is 16.5. The van der Waals surface area contributed by atoms with E-state index in [1.807, 2.05) is 18.2 Å². The molecule has 0 aliphatic carbocycles. The van der Waals surface area contributed by atoms with E-state index >= 15 is 0 Å². The van der Waals surface area contributed by atoms with Crippen molar-refractivity contribution in [3.63, 3.8) is 0 Å². The smallest absolute Gasteiger partial charge is 0.236 e. The molecular weight excluding hydrogens is 270 g/mol. The van der Waals surface area contributed by atoms with Crippen molar-refractivity contribution in [1.29, 1.82) is 5.26 Å². The number of ether oxygens (including phenoxy) is 2. The molecule has 6 heteroatoms. The number of oxazole rings is 1. The molecule has 2 rings (SSSR count). The molecular formula is C15H15N3O3. The van der Waals surface area contributed by atoms with E-state index in [9.17, 15) is 0 Å². The number of benzene rings is 1. The van der Waals surface area contributed by atoms with Crippen LogP contribution in [0.2, 0.25) is 0 Å². The summed E-state index contributed by atoms with van der Waals surface area (Å²) in [4.78, 5) is 4.06. The highest BCUT2D eigenvalue weighted by molar-refractivity contribution is 5.45. The SMILES string of the molecule is C=CCNc1oc(COc2ccccc2OC)nc1C#N. The lowest BCUT2D eigenvalue weighted by atomic mass is 10.3. The number of hydrogen-bond acceptors (Lipinski definition) is 6. The Bertz CT molecular complexity index is 658. The zero-order valence-corrected chi connectivity index (χ0v) is 11.6. The van der Waals surface area contributed by atoms with E-state index in [2.05, 4.69) is 16.9 Å². The molecule has 21 heavy (non-hydrogen) atoms. The summed E-state index contributed by atoms with van der Waals surface area (Å²) in [5.74, 6) is 1.83. The standard InChI is InChI=1S/C15H15N3O3/c1-3-8-17-15-11(9-16)18-14(21-15)10-20-13-7-5-4-6-12(13)19-2/h3-7,17H,1,8,10H2,2H3. The van der Waals surface area contributed by atoms with Crippen molar-refractivity contribution in [2.45, 2.75) is 6.61 Å². The summed E-state index contributed by atoms with van der Waals surface area (Å²) >= 11 is 0. The Hall–Kier alpha value is -2.94. The first-order valence-electron chi connectivity index (χ1n) is 6.29. The molecule has 1 aromatic heterocycles. The summed E-state index contributed by atoms with van der Waals surface area (Å²) in [5, 5.41) is 11.9. The molecule has 0 saturated heterocycles. The molecule has 0 bridgehead atoms. The molecule has 1 aromatic carbocycles. The molecule has 0 atom stereocenters. The molecule has 0 radical (unpaired) electrons. The van der Waals surface area contributed by atoms with Crippen LogP contribution in [-0.2, 0) is 6.61 Å². The van der Waals surface area contributed by atoms with Crippen LogP contribution >= 0.6 is 0 Å². The van der Waals surface area contributed by atoms with Crippen LogP contribution in [0, 0.1) is 11.3 Å². The second-order valence-electron chi connectivity index (χ2n) is 4.01. The number of rotatable bonds is 7. The van der Waals surface area contributed by atoms with Gasteiger partial charge in [0.15, 0.2) is 18.1 Å². The van der Waals surface area contributed by atoms with Crippen LogP contribution in [0.5, 0.6) is 11.5 Å². The van der Waals surface area contributed by atoms with Crippen LogP contribution in [0.1, 0.15) is 11.6 Å². The zero-order valence-electron chi connectivity index (χ0n) is 11.6. The maximum Gasteiger partial charge on any atom is 0.236 e. The van der Waals surface area contributed by atoms with Gasteiger partial charge >= 0.3 is 0 Å². The van der Waals surface area contributed by atoms with Gasteiger partial charge in [0.1, 0.15) is 6.07 Å². The van der Waals surface area contributed by atoms with Gasteiger partial charge in [-0.2, -0.15) is 10.2 Å². The van der Waals surface area contributed by atoms with Crippen LogP contribution in [0.4, 0.5) is 5.88 Å². The van der Waals surface area contributed by atoms with Gasteiger partial charge in [0.2, 0.25) is 17.5 Å². The second-order valence-corrected chi connectivity index (χ2v) is 4.01. The van der Waals surface area contributed by atoms with E-state index in [-0.39, 0.29) is 12.3 Å². The number of para-hydroxylation sites is 2. The second kappa shape index (κ2) is 7.01. The average Bonchev–Trinajstić information content (AvgIpc) is 2.93.